The number of carbonyl (C=O) groups is 1. The van der Waals surface area contributed by atoms with Crippen LogP contribution in [0, 0.1) is 5.82 Å². The molecule has 8 heteroatoms. The molecule has 2 aromatic heterocycles. The smallest absolute Gasteiger partial charge is 0.234 e. The number of nitrogens with one attached hydrogen (secondary N) is 1. The second kappa shape index (κ2) is 7.22. The number of halogens is 1. The van der Waals surface area contributed by atoms with E-state index >= 15 is 0 Å². The van der Waals surface area contributed by atoms with Gasteiger partial charge in [0.05, 0.1) is 5.75 Å². The molecule has 24 heavy (non-hydrogen) atoms. The summed E-state index contributed by atoms with van der Waals surface area (Å²) in [6.45, 7) is 0. The van der Waals surface area contributed by atoms with Gasteiger partial charge in [-0.2, -0.15) is 0 Å². The summed E-state index contributed by atoms with van der Waals surface area (Å²) < 4.78 is 14.6. The van der Waals surface area contributed by atoms with Crippen LogP contribution in [0.5, 0.6) is 0 Å². The second-order valence-electron chi connectivity index (χ2n) is 4.92. The van der Waals surface area contributed by atoms with Crippen LogP contribution in [-0.4, -0.2) is 31.4 Å². The zero-order chi connectivity index (χ0) is 16.9. The fourth-order valence-corrected chi connectivity index (χ4v) is 2.73. The number of hydrogen-bond acceptors (Lipinski definition) is 5. The molecule has 0 bridgehead atoms. The van der Waals surface area contributed by atoms with Crippen LogP contribution < -0.4 is 5.32 Å². The highest BCUT2D eigenvalue weighted by atomic mass is 32.2. The molecule has 6 nitrogen and oxygen atoms in total. The highest BCUT2D eigenvalue weighted by Crippen LogP contribution is 2.21. The molecular weight excluding hydrogens is 329 g/mol. The third kappa shape index (κ3) is 3.77. The molecule has 1 aromatic carbocycles. The van der Waals surface area contributed by atoms with Crippen molar-refractivity contribution < 1.29 is 9.18 Å². The van der Waals surface area contributed by atoms with Crippen molar-refractivity contribution in [3.05, 3.63) is 54.5 Å². The number of thioether (sulfide) groups is 1. The third-order valence-electron chi connectivity index (χ3n) is 3.19. The molecule has 0 saturated carbocycles. The summed E-state index contributed by atoms with van der Waals surface area (Å²) in [5.74, 6) is 0.264. The van der Waals surface area contributed by atoms with Crippen LogP contribution in [0.25, 0.3) is 11.5 Å². The fraction of sp³-hybridized carbons (Fsp3) is 0.125. The minimum absolute atomic E-state index is 0.172. The minimum atomic E-state index is -0.344. The van der Waals surface area contributed by atoms with Crippen LogP contribution in [0.3, 0.4) is 0 Å². The first-order chi connectivity index (χ1) is 11.6. The topological polar surface area (TPSA) is 72.7 Å². The maximum Gasteiger partial charge on any atom is 0.234 e. The predicted octanol–water partition coefficient (Wildman–Crippen LogP) is 2.75. The van der Waals surface area contributed by atoms with Gasteiger partial charge in [-0.25, -0.2) is 4.39 Å². The van der Waals surface area contributed by atoms with Crippen LogP contribution in [0.4, 0.5) is 10.1 Å². The standard InChI is InChI=1S/C16H14FN5OS/c1-22-15(13-4-2-3-9-18-13)20-21-16(22)24-10-14(23)19-12-7-5-11(17)6-8-12/h2-9H,10H2,1H3,(H,19,23). The Morgan fingerprint density at radius 1 is 1.21 bits per heavy atom. The van der Waals surface area contributed by atoms with Gasteiger partial charge < -0.3 is 9.88 Å². The Morgan fingerprint density at radius 3 is 2.71 bits per heavy atom. The highest BCUT2D eigenvalue weighted by Gasteiger charge is 2.13. The van der Waals surface area contributed by atoms with Gasteiger partial charge in [0.2, 0.25) is 5.91 Å². The number of carbonyl (C=O) groups excluding carboxylic acids is 1. The van der Waals surface area contributed by atoms with Gasteiger partial charge in [0.25, 0.3) is 0 Å². The van der Waals surface area contributed by atoms with Gasteiger partial charge in [0, 0.05) is 18.9 Å². The van der Waals surface area contributed by atoms with Gasteiger partial charge in [-0.05, 0) is 36.4 Å². The molecule has 0 atom stereocenters. The van der Waals surface area contributed by atoms with Crippen molar-refractivity contribution in [3.63, 3.8) is 0 Å². The van der Waals surface area contributed by atoms with Gasteiger partial charge in [-0.15, -0.1) is 10.2 Å². The van der Waals surface area contributed by atoms with Crippen LogP contribution in [0.1, 0.15) is 0 Å². The van der Waals surface area contributed by atoms with Gasteiger partial charge in [0.1, 0.15) is 11.5 Å². The summed E-state index contributed by atoms with van der Waals surface area (Å²) in [5, 5.41) is 11.5. The van der Waals surface area contributed by atoms with E-state index in [2.05, 4.69) is 20.5 Å². The average molecular weight is 343 g/mol. The molecule has 0 fully saturated rings. The van der Waals surface area contributed by atoms with E-state index in [1.807, 2.05) is 25.2 Å². The quantitative estimate of drug-likeness (QED) is 0.721. The van der Waals surface area contributed by atoms with E-state index in [0.717, 1.165) is 5.69 Å². The molecule has 0 unspecified atom stereocenters. The molecule has 0 saturated heterocycles. The Bertz CT molecular complexity index is 835. The van der Waals surface area contributed by atoms with E-state index in [1.165, 1.54) is 36.0 Å². The zero-order valence-corrected chi connectivity index (χ0v) is 13.6. The second-order valence-corrected chi connectivity index (χ2v) is 5.87. The zero-order valence-electron chi connectivity index (χ0n) is 12.8. The van der Waals surface area contributed by atoms with Crippen LogP contribution >= 0.6 is 11.8 Å². The Balaban J connectivity index is 1.62. The molecule has 3 aromatic rings. The number of pyridine rings is 1. The van der Waals surface area contributed by atoms with Crippen molar-refractivity contribution in [1.29, 1.82) is 0 Å². The lowest BCUT2D eigenvalue weighted by Crippen LogP contribution is -2.14. The first kappa shape index (κ1) is 16.1. The molecule has 3 rings (SSSR count). The van der Waals surface area contributed by atoms with Crippen molar-refractivity contribution >= 4 is 23.4 Å². The number of nitrogens with zero attached hydrogens (tertiary/aromatic N) is 4. The van der Waals surface area contributed by atoms with Gasteiger partial charge >= 0.3 is 0 Å². The fourth-order valence-electron chi connectivity index (χ4n) is 2.02. The van der Waals surface area contributed by atoms with Gasteiger partial charge in [-0.1, -0.05) is 17.8 Å². The molecule has 0 radical (unpaired) electrons. The molecule has 0 aliphatic carbocycles. The number of rotatable bonds is 5. The molecule has 1 N–H and O–H groups in total. The SMILES string of the molecule is Cn1c(SCC(=O)Nc2ccc(F)cc2)nnc1-c1ccccn1. The average Bonchev–Trinajstić information content (AvgIpc) is 2.97. The highest BCUT2D eigenvalue weighted by molar-refractivity contribution is 7.99. The Hall–Kier alpha value is -2.74. The molecule has 0 aliphatic rings. The number of amides is 1. The Labute approximate surface area is 142 Å². The molecule has 0 aliphatic heterocycles. The van der Waals surface area contributed by atoms with E-state index in [0.29, 0.717) is 16.7 Å². The van der Waals surface area contributed by atoms with Crippen LogP contribution in [0.2, 0.25) is 0 Å². The molecular formula is C16H14FN5OS. The summed E-state index contributed by atoms with van der Waals surface area (Å²) in [4.78, 5) is 16.2. The monoisotopic (exact) mass is 343 g/mol. The van der Waals surface area contributed by atoms with E-state index < -0.39 is 0 Å². The van der Waals surface area contributed by atoms with Crippen molar-refractivity contribution in [2.75, 3.05) is 11.1 Å². The summed E-state index contributed by atoms with van der Waals surface area (Å²) in [6, 6.07) is 11.2. The van der Waals surface area contributed by atoms with E-state index in [9.17, 15) is 9.18 Å². The number of aromatic nitrogens is 4. The van der Waals surface area contributed by atoms with Crippen molar-refractivity contribution in [2.24, 2.45) is 7.05 Å². The lowest BCUT2D eigenvalue weighted by molar-refractivity contribution is -0.113. The summed E-state index contributed by atoms with van der Waals surface area (Å²) >= 11 is 1.27. The minimum Gasteiger partial charge on any atom is -0.325 e. The number of anilines is 1. The van der Waals surface area contributed by atoms with E-state index in [-0.39, 0.29) is 17.5 Å². The maximum absolute atomic E-state index is 12.8. The maximum atomic E-state index is 12.8. The van der Waals surface area contributed by atoms with Crippen LogP contribution in [0.15, 0.2) is 53.8 Å². The lowest BCUT2D eigenvalue weighted by atomic mass is 10.3. The normalized spacial score (nSPS) is 10.6. The molecule has 0 spiro atoms. The third-order valence-corrected chi connectivity index (χ3v) is 4.21. The first-order valence-corrected chi connectivity index (χ1v) is 8.11. The van der Waals surface area contributed by atoms with E-state index in [4.69, 9.17) is 0 Å². The van der Waals surface area contributed by atoms with Crippen molar-refractivity contribution in [1.82, 2.24) is 19.7 Å². The Morgan fingerprint density at radius 2 is 2.00 bits per heavy atom. The van der Waals surface area contributed by atoms with E-state index in [1.54, 1.807) is 10.8 Å². The predicted molar refractivity (Wildman–Crippen MR) is 90.0 cm³/mol. The molecule has 1 amide bonds. The largest absolute Gasteiger partial charge is 0.325 e. The lowest BCUT2D eigenvalue weighted by Gasteiger charge is -2.05. The van der Waals surface area contributed by atoms with Crippen LogP contribution in [-0.2, 0) is 11.8 Å². The first-order valence-electron chi connectivity index (χ1n) is 7.12. The number of hydrogen-bond donors (Lipinski definition) is 1. The van der Waals surface area contributed by atoms with Crippen molar-refractivity contribution in [2.45, 2.75) is 5.16 Å². The summed E-state index contributed by atoms with van der Waals surface area (Å²) in [6.07, 6.45) is 1.69. The Kier molecular flexibility index (Phi) is 4.85. The van der Waals surface area contributed by atoms with Gasteiger partial charge in [-0.3, -0.25) is 9.78 Å². The molecule has 2 heterocycles. The van der Waals surface area contributed by atoms with Crippen molar-refractivity contribution in [3.8, 4) is 11.5 Å². The summed E-state index contributed by atoms with van der Waals surface area (Å²) in [7, 11) is 1.82. The van der Waals surface area contributed by atoms with Gasteiger partial charge in [0.15, 0.2) is 11.0 Å². The number of benzene rings is 1. The summed E-state index contributed by atoms with van der Waals surface area (Å²) in [5.41, 5.74) is 1.27. The molecule has 122 valence electrons.